The molecule has 0 N–H and O–H groups in total. The number of halogens is 2. The Bertz CT molecular complexity index is 2150. The number of rotatable bonds is 5. The Kier molecular flexibility index (Phi) is 9.59. The van der Waals surface area contributed by atoms with E-state index in [1.54, 1.807) is 0 Å². The van der Waals surface area contributed by atoms with E-state index >= 15 is 0 Å². The van der Waals surface area contributed by atoms with Crippen LogP contribution >= 0.6 is 24.8 Å². The molecule has 0 spiro atoms. The zero-order chi connectivity index (χ0) is 31.9. The maximum absolute atomic E-state index is 6.50. The maximum Gasteiger partial charge on any atom is -0.147 e. The van der Waals surface area contributed by atoms with Crippen LogP contribution in [0.2, 0.25) is 9.26 Å². The molecule has 0 aliphatic heterocycles. The number of aryl methyl sites for hydroxylation is 3. The molecule has 7 rings (SSSR count). The summed E-state index contributed by atoms with van der Waals surface area (Å²) in [4.78, 5) is 0. The number of hydrogen-bond donors (Lipinski definition) is 0. The van der Waals surface area contributed by atoms with E-state index in [2.05, 4.69) is 155 Å². The fourth-order valence-electron chi connectivity index (χ4n) is 8.88. The first-order valence-electron chi connectivity index (χ1n) is 16.3. The van der Waals surface area contributed by atoms with E-state index in [4.69, 9.17) is 4.42 Å². The molecule has 0 bridgehead atoms. The van der Waals surface area contributed by atoms with Crippen molar-refractivity contribution < 1.29 is 21.8 Å². The van der Waals surface area contributed by atoms with Crippen LogP contribution in [-0.4, -0.2) is 6.88 Å². The zero-order valence-corrected chi connectivity index (χ0v) is 34.3. The molecule has 2 unspecified atom stereocenters. The van der Waals surface area contributed by atoms with Gasteiger partial charge in [0.15, 0.2) is 0 Å². The molecule has 47 heavy (non-hydrogen) atoms. The third-order valence-corrected chi connectivity index (χ3v) is 28.5. The van der Waals surface area contributed by atoms with Crippen LogP contribution in [0, 0.1) is 34.6 Å². The van der Waals surface area contributed by atoms with Crippen molar-refractivity contribution in [1.29, 1.82) is 0 Å². The zero-order valence-electron chi connectivity index (χ0n) is 28.8. The molecule has 0 radical (unpaired) electrons. The van der Waals surface area contributed by atoms with Gasteiger partial charge in [-0.15, -0.1) is 24.8 Å². The number of benzene rings is 4. The second kappa shape index (κ2) is 12.6. The summed E-state index contributed by atoms with van der Waals surface area (Å²) in [6.07, 6.45) is 5.04. The second-order valence-electron chi connectivity index (χ2n) is 14.8. The molecule has 0 saturated heterocycles. The predicted octanol–water partition coefficient (Wildman–Crippen LogP) is 12.1. The molecule has 0 amide bonds. The second-order valence-corrected chi connectivity index (χ2v) is 45.3. The molecule has 242 valence electrons. The Morgan fingerprint density at radius 1 is 0.596 bits per heavy atom. The molecule has 5 aromatic rings. The van der Waals surface area contributed by atoms with Crippen LogP contribution in [0.5, 0.6) is 0 Å². The topological polar surface area (TPSA) is 13.1 Å². The van der Waals surface area contributed by atoms with Crippen LogP contribution in [0.25, 0.3) is 40.0 Å². The first kappa shape index (κ1) is 35.6. The molecule has 2 atom stereocenters. The van der Waals surface area contributed by atoms with Gasteiger partial charge in [-0.05, 0) is 0 Å². The van der Waals surface area contributed by atoms with E-state index < -0.39 is 17.4 Å². The van der Waals surface area contributed by atoms with Crippen molar-refractivity contribution in [2.24, 2.45) is 0 Å². The van der Waals surface area contributed by atoms with Crippen LogP contribution in [0.15, 0.2) is 94.9 Å². The van der Waals surface area contributed by atoms with Gasteiger partial charge in [0, 0.05) is 0 Å². The third-order valence-electron chi connectivity index (χ3n) is 10.9. The third kappa shape index (κ3) is 5.66. The first-order chi connectivity index (χ1) is 21.4. The summed E-state index contributed by atoms with van der Waals surface area (Å²) >= 11 is -3.89. The molecule has 0 saturated carbocycles. The fraction of sp³-hybridized carbons (Fsp3) is 0.238. The van der Waals surface area contributed by atoms with Crippen LogP contribution < -0.4 is 0 Å². The quantitative estimate of drug-likeness (QED) is 0.163. The van der Waals surface area contributed by atoms with Crippen molar-refractivity contribution >= 4 is 49.4 Å². The van der Waals surface area contributed by atoms with Gasteiger partial charge < -0.3 is 0 Å². The van der Waals surface area contributed by atoms with Gasteiger partial charge in [0.05, 0.1) is 0 Å². The molecule has 2 aliphatic carbocycles. The van der Waals surface area contributed by atoms with Crippen molar-refractivity contribution in [2.75, 3.05) is 0 Å². The van der Waals surface area contributed by atoms with Gasteiger partial charge >= 0.3 is 273 Å². The van der Waals surface area contributed by atoms with Gasteiger partial charge in [0.25, 0.3) is 0 Å². The van der Waals surface area contributed by atoms with Gasteiger partial charge in [-0.2, -0.15) is 0 Å². The molecule has 1 heterocycles. The van der Waals surface area contributed by atoms with E-state index in [0.717, 1.165) is 11.5 Å². The Morgan fingerprint density at radius 2 is 1.06 bits per heavy atom. The van der Waals surface area contributed by atoms with E-state index in [0.29, 0.717) is 7.25 Å². The molecule has 2 aliphatic rings. The molecular formula is C42H46Cl2OSiZr. The summed E-state index contributed by atoms with van der Waals surface area (Å²) in [5.41, 5.74) is 19.7. The predicted molar refractivity (Wildman–Crippen MR) is 208 cm³/mol. The van der Waals surface area contributed by atoms with Gasteiger partial charge in [0.1, 0.15) is 0 Å². The SMILES string of the molecule is CC1=Cc2c(cc(C)c(C)c2-c2ccccc2)[CH]1[Zr]([CH3])([CH3])(=[SiH2])[CH]1C(c2ccc(C)o2)=Cc2c1cc(C)c(C)c2-c1ccccc1.Cl.Cl. The van der Waals surface area contributed by atoms with Crippen molar-refractivity contribution in [3.05, 3.63) is 147 Å². The van der Waals surface area contributed by atoms with Crippen molar-refractivity contribution in [2.45, 2.75) is 58.1 Å². The van der Waals surface area contributed by atoms with Crippen LogP contribution in [0.3, 0.4) is 0 Å². The Labute approximate surface area is 295 Å². The molecule has 4 aromatic carbocycles. The standard InChI is InChI=1S/C22H19O.C18H17.2CH3.2ClH.H2Si.Zr/c1-14-11-18-12-19(21-10-9-15(2)23-21)13-20(18)22(16(14)3)17-7-5-4-6-8-17;1-12-9-16-11-13(2)14(3)18(17(16)10-12)15-7-5-4-6-8-15;;;;;;/h4-13H,1-3H3;4-11H,1-3H3;2*1H3;2*1H;1H2;. The van der Waals surface area contributed by atoms with Crippen LogP contribution in [-0.2, 0) is 17.4 Å². The van der Waals surface area contributed by atoms with Crippen molar-refractivity contribution in [3.63, 3.8) is 0 Å². The van der Waals surface area contributed by atoms with Crippen molar-refractivity contribution in [1.82, 2.24) is 0 Å². The summed E-state index contributed by atoms with van der Waals surface area (Å²) in [6.45, 7) is 16.1. The Hall–Kier alpha value is -2.68. The maximum atomic E-state index is 6.50. The van der Waals surface area contributed by atoms with Gasteiger partial charge in [-0.3, -0.25) is 0 Å². The minimum absolute atomic E-state index is 0. The molecule has 1 nitrogen and oxygen atoms in total. The number of fused-ring (bicyclic) bond motifs is 2. The Morgan fingerprint density at radius 3 is 1.53 bits per heavy atom. The van der Waals surface area contributed by atoms with Gasteiger partial charge in [-0.1, -0.05) is 0 Å². The fourth-order valence-corrected chi connectivity index (χ4v) is 28.6. The summed E-state index contributed by atoms with van der Waals surface area (Å²) in [6, 6.07) is 31.4. The smallest absolute Gasteiger partial charge is 0.147 e. The summed E-state index contributed by atoms with van der Waals surface area (Å²) in [7, 11) is 0. The van der Waals surface area contributed by atoms with Crippen LogP contribution in [0.1, 0.15) is 70.2 Å². The first-order valence-corrected chi connectivity index (χ1v) is 30.0. The minimum Gasteiger partial charge on any atom is -0.147 e. The summed E-state index contributed by atoms with van der Waals surface area (Å²) < 4.78 is 12.7. The number of hydrogen-bond acceptors (Lipinski definition) is 1. The van der Waals surface area contributed by atoms with Gasteiger partial charge in [0.2, 0.25) is 0 Å². The molecule has 0 fully saturated rings. The number of allylic oxidation sites excluding steroid dienone is 2. The van der Waals surface area contributed by atoms with E-state index in [9.17, 15) is 0 Å². The van der Waals surface area contributed by atoms with Gasteiger partial charge in [-0.25, -0.2) is 0 Å². The monoisotopic (exact) mass is 754 g/mol. The molecular weight excluding hydrogens is 711 g/mol. The Balaban J connectivity index is 0.00000217. The van der Waals surface area contributed by atoms with E-state index in [1.807, 2.05) is 0 Å². The average molecular weight is 757 g/mol. The minimum atomic E-state index is -3.89. The number of furan rings is 1. The molecule has 5 heteroatoms. The summed E-state index contributed by atoms with van der Waals surface area (Å²) in [5.74, 6) is 2.00. The van der Waals surface area contributed by atoms with Crippen molar-refractivity contribution in [3.8, 4) is 22.3 Å². The van der Waals surface area contributed by atoms with Crippen LogP contribution in [0.4, 0.5) is 0 Å². The normalized spacial score (nSPS) is 16.9. The largest absolute Gasteiger partial charge is 0.147 e. The summed E-state index contributed by atoms with van der Waals surface area (Å²) in [5, 5.41) is 0. The van der Waals surface area contributed by atoms with E-state index in [-0.39, 0.29) is 24.8 Å². The molecule has 1 aromatic heterocycles. The average Bonchev–Trinajstić information content (AvgIpc) is 3.70. The van der Waals surface area contributed by atoms with E-state index in [1.165, 1.54) is 77.9 Å².